The Bertz CT molecular complexity index is 1500. The van der Waals surface area contributed by atoms with Gasteiger partial charge in [0.2, 0.25) is 0 Å². The van der Waals surface area contributed by atoms with Crippen LogP contribution in [-0.4, -0.2) is 52.1 Å². The summed E-state index contributed by atoms with van der Waals surface area (Å²) in [6.45, 7) is 0. The van der Waals surface area contributed by atoms with Gasteiger partial charge in [-0.05, 0) is 72.8 Å². The largest absolute Gasteiger partial charge is 0.255 e. The van der Waals surface area contributed by atoms with Crippen LogP contribution in [0.3, 0.4) is 0 Å². The van der Waals surface area contributed by atoms with Crippen molar-refractivity contribution < 1.29 is 37.1 Å². The fourth-order valence-electron chi connectivity index (χ4n) is 3.40. The summed E-state index contributed by atoms with van der Waals surface area (Å²) in [5.41, 5.74) is 4.79. The van der Waals surface area contributed by atoms with E-state index in [4.69, 9.17) is 10.2 Å². The van der Waals surface area contributed by atoms with Gasteiger partial charge in [0.1, 0.15) is 0 Å². The van der Waals surface area contributed by atoms with E-state index in [1.54, 1.807) is 24.8 Å². The van der Waals surface area contributed by atoms with E-state index < -0.39 is 11.9 Å². The minimum Gasteiger partial charge on any atom is -0.255 e. The Morgan fingerprint density at radius 2 is 0.705 bits per heavy atom. The Morgan fingerprint density at radius 1 is 0.432 bits per heavy atom. The second-order valence-corrected chi connectivity index (χ2v) is 8.33. The second kappa shape index (κ2) is 18.3. The number of rotatable bonds is 5. The molecule has 0 aliphatic carbocycles. The number of pyridine rings is 6. The van der Waals surface area contributed by atoms with E-state index in [0.29, 0.717) is 11.4 Å². The van der Waals surface area contributed by atoms with E-state index in [2.05, 4.69) is 39.6 Å². The van der Waals surface area contributed by atoms with Gasteiger partial charge in [-0.2, -0.15) is 0 Å². The molecule has 44 heavy (non-hydrogen) atoms. The monoisotopic (exact) mass is 693 g/mol. The molecule has 0 radical (unpaired) electrons. The van der Waals surface area contributed by atoms with Crippen molar-refractivity contribution in [1.82, 2.24) is 29.9 Å². The van der Waals surface area contributed by atoms with E-state index in [-0.39, 0.29) is 11.1 Å². The van der Waals surface area contributed by atoms with Crippen LogP contribution in [0.4, 0.5) is 0 Å². The molecule has 0 aliphatic heterocycles. The molecule has 0 amide bonds. The molecule has 221 valence electrons. The van der Waals surface area contributed by atoms with Crippen LogP contribution >= 0.6 is 9.69 Å². The molecule has 6 aromatic heterocycles. The van der Waals surface area contributed by atoms with Crippen molar-refractivity contribution in [3.8, 4) is 34.2 Å². The third-order valence-electron chi connectivity index (χ3n) is 5.47. The number of aromatic carboxylic acids is 2. The Morgan fingerprint density at radius 3 is 0.886 bits per heavy atom. The minimum absolute atomic E-state index is 0.0842. The number of hydrogen-bond donors (Lipinski definition) is 2. The molecule has 0 bridgehead atoms. The predicted molar refractivity (Wildman–Crippen MR) is 162 cm³/mol. The van der Waals surface area contributed by atoms with Gasteiger partial charge in [-0.25, -0.2) is 9.59 Å². The van der Waals surface area contributed by atoms with Gasteiger partial charge in [0.15, 0.2) is 0 Å². The van der Waals surface area contributed by atoms with Gasteiger partial charge in [0.25, 0.3) is 0 Å². The van der Waals surface area contributed by atoms with Gasteiger partial charge < -0.3 is 10.2 Å². The first kappa shape index (κ1) is 33.3. The van der Waals surface area contributed by atoms with E-state index in [1.165, 1.54) is 36.7 Å². The maximum atomic E-state index is 10.6. The number of aromatic nitrogens is 6. The van der Waals surface area contributed by atoms with Crippen molar-refractivity contribution in [2.45, 2.75) is 0 Å². The Labute approximate surface area is 267 Å². The van der Waals surface area contributed by atoms with Crippen LogP contribution in [-0.2, 0) is 17.3 Å². The Hall–Kier alpha value is -5.25. The standard InChI is InChI=1S/C12H8N2O4.2C10H8N2.ClH.Ru/c15-11(16)7-1-3-9(13-5-7)10-4-2-8(6-14-10)12(17)18;2*1-3-7-11-9(5-1)10-6-2-4-8-12-10;;/h1-6H,(H,15,16)(H,17,18);2*1-8H;1H;/q;;;;+1/p-1. The molecule has 10 nitrogen and oxygen atoms in total. The summed E-state index contributed by atoms with van der Waals surface area (Å²) in [7, 11) is 4.57. The normalized spacial score (nSPS) is 9.50. The van der Waals surface area contributed by atoms with E-state index >= 15 is 0 Å². The van der Waals surface area contributed by atoms with Crippen molar-refractivity contribution >= 4 is 21.6 Å². The van der Waals surface area contributed by atoms with Crippen LogP contribution in [0, 0.1) is 0 Å². The zero-order valence-electron chi connectivity index (χ0n) is 22.8. The predicted octanol–water partition coefficient (Wildman–Crippen LogP) is 6.51. The topological polar surface area (TPSA) is 152 Å². The molecular weight excluding hydrogens is 669 g/mol. The average Bonchev–Trinajstić information content (AvgIpc) is 3.11. The number of hydrogen-bond acceptors (Lipinski definition) is 8. The summed E-state index contributed by atoms with van der Waals surface area (Å²) in [4.78, 5) is 45.9. The zero-order chi connectivity index (χ0) is 31.6. The molecule has 0 saturated heterocycles. The Kier molecular flexibility index (Phi) is 13.9. The molecular formula is C32H24ClN6O4Ru. The zero-order valence-corrected chi connectivity index (χ0v) is 25.3. The van der Waals surface area contributed by atoms with E-state index in [1.807, 2.05) is 90.1 Å². The first-order chi connectivity index (χ1) is 21.5. The van der Waals surface area contributed by atoms with Crippen molar-refractivity contribution in [3.63, 3.8) is 0 Å². The van der Waals surface area contributed by atoms with Crippen LogP contribution in [0.2, 0.25) is 0 Å². The molecule has 6 heterocycles. The van der Waals surface area contributed by atoms with Crippen LogP contribution in [0.1, 0.15) is 20.7 Å². The van der Waals surface area contributed by atoms with Gasteiger partial charge in [0, 0.05) is 37.2 Å². The quantitative estimate of drug-likeness (QED) is 0.191. The molecule has 0 saturated carbocycles. The third kappa shape index (κ3) is 10.5. The second-order valence-electron chi connectivity index (χ2n) is 8.33. The van der Waals surface area contributed by atoms with Crippen molar-refractivity contribution in [1.29, 1.82) is 0 Å². The molecule has 2 N–H and O–H groups in total. The summed E-state index contributed by atoms with van der Waals surface area (Å²) in [5.74, 6) is -2.11. The summed E-state index contributed by atoms with van der Waals surface area (Å²) in [5, 5.41) is 17.4. The van der Waals surface area contributed by atoms with Gasteiger partial charge in [-0.3, -0.25) is 29.9 Å². The van der Waals surface area contributed by atoms with Gasteiger partial charge >= 0.3 is 38.9 Å². The van der Waals surface area contributed by atoms with Crippen LogP contribution < -0.4 is 0 Å². The molecule has 6 aromatic rings. The first-order valence-corrected chi connectivity index (χ1v) is 14.9. The third-order valence-corrected chi connectivity index (χ3v) is 5.47. The fraction of sp³-hybridized carbons (Fsp3) is 0. The smallest absolute Gasteiger partial charge is 0.0886 e. The average molecular weight is 693 g/mol. The number of carbonyl (C=O) groups is 2. The molecule has 0 fully saturated rings. The number of carboxylic acid groups (broad SMARTS) is 2. The number of carboxylic acids is 2. The number of halogens is 1. The van der Waals surface area contributed by atoms with Crippen molar-refractivity contribution in [2.24, 2.45) is 0 Å². The van der Waals surface area contributed by atoms with E-state index in [9.17, 15) is 9.59 Å². The summed E-state index contributed by atoms with van der Waals surface area (Å²) in [6, 6.07) is 29.1. The first-order valence-electron chi connectivity index (χ1n) is 12.7. The maximum Gasteiger partial charge on any atom is 0.0886 e. The summed E-state index contributed by atoms with van der Waals surface area (Å²) >= 11 is 1.82. The molecule has 0 spiro atoms. The van der Waals surface area contributed by atoms with Gasteiger partial charge in [-0.15, -0.1) is 0 Å². The number of nitrogens with zero attached hydrogens (tertiary/aromatic N) is 6. The SMILES string of the molecule is O=C(O)c1ccc(-c2ccc(C(=O)O)cn2)nc1.[Cl][Ru].c1ccc(-c2ccccn2)nc1.c1ccc(-c2ccccn2)nc1. The summed E-state index contributed by atoms with van der Waals surface area (Å²) < 4.78 is 0. The van der Waals surface area contributed by atoms with Gasteiger partial charge in [-0.1, -0.05) is 24.3 Å². The maximum absolute atomic E-state index is 10.6. The van der Waals surface area contributed by atoms with Crippen LogP contribution in [0.5, 0.6) is 0 Å². The fourth-order valence-corrected chi connectivity index (χ4v) is 3.40. The molecule has 12 heteroatoms. The summed E-state index contributed by atoms with van der Waals surface area (Å²) in [6.07, 6.45) is 9.52. The minimum atomic E-state index is -1.05. The van der Waals surface area contributed by atoms with Crippen molar-refractivity contribution in [3.05, 3.63) is 145 Å². The molecule has 6 rings (SSSR count). The van der Waals surface area contributed by atoms with Crippen LogP contribution in [0.25, 0.3) is 34.2 Å². The van der Waals surface area contributed by atoms with Crippen molar-refractivity contribution in [2.75, 3.05) is 0 Å². The van der Waals surface area contributed by atoms with Gasteiger partial charge in [0.05, 0.1) is 45.3 Å². The molecule has 0 aromatic carbocycles. The molecule has 0 unspecified atom stereocenters. The Balaban J connectivity index is 0.000000180. The molecule has 0 atom stereocenters. The van der Waals surface area contributed by atoms with E-state index in [0.717, 1.165) is 22.8 Å². The van der Waals surface area contributed by atoms with Crippen LogP contribution in [0.15, 0.2) is 134 Å². The molecule has 0 aliphatic rings.